The Labute approximate surface area is 127 Å². The smallest absolute Gasteiger partial charge is 0.135 e. The summed E-state index contributed by atoms with van der Waals surface area (Å²) in [4.78, 5) is 11.0. The van der Waals surface area contributed by atoms with Crippen LogP contribution in [0.15, 0.2) is 6.07 Å². The molecule has 1 heterocycles. The van der Waals surface area contributed by atoms with Crippen LogP contribution in [0.2, 0.25) is 0 Å². The van der Waals surface area contributed by atoms with Gasteiger partial charge in [-0.25, -0.2) is 9.97 Å². The minimum absolute atomic E-state index is 0.243. The maximum absolute atomic E-state index is 5.90. The summed E-state index contributed by atoms with van der Waals surface area (Å²) in [6.45, 7) is 12.3. The summed E-state index contributed by atoms with van der Waals surface area (Å²) in [5.41, 5.74) is 5.90. The summed E-state index contributed by atoms with van der Waals surface area (Å²) in [5, 5.41) is 0. The Bertz CT molecular complexity index is 403. The Hall–Kier alpha value is -1.40. The highest BCUT2D eigenvalue weighted by Gasteiger charge is 2.12. The van der Waals surface area contributed by atoms with E-state index in [-0.39, 0.29) is 5.92 Å². The van der Waals surface area contributed by atoms with Crippen molar-refractivity contribution in [1.82, 2.24) is 9.97 Å². The Morgan fingerprint density at radius 1 is 1.10 bits per heavy atom. The minimum Gasteiger partial charge on any atom is -0.384 e. The maximum Gasteiger partial charge on any atom is 0.135 e. The fourth-order valence-electron chi connectivity index (χ4n) is 1.87. The third-order valence-electron chi connectivity index (χ3n) is 3.01. The van der Waals surface area contributed by atoms with E-state index in [9.17, 15) is 0 Å². The molecule has 6 nitrogen and oxygen atoms in total. The van der Waals surface area contributed by atoms with Crippen molar-refractivity contribution in [2.75, 3.05) is 50.2 Å². The molecule has 0 fully saturated rings. The molecule has 1 aromatic heterocycles. The lowest BCUT2D eigenvalue weighted by Crippen LogP contribution is -2.32. The molecule has 0 spiro atoms. The van der Waals surface area contributed by atoms with Gasteiger partial charge in [0, 0.05) is 38.3 Å². The third kappa shape index (κ3) is 6.27. The number of nitrogens with zero attached hydrogens (tertiary/aromatic N) is 3. The van der Waals surface area contributed by atoms with Crippen LogP contribution >= 0.6 is 0 Å². The molecule has 0 unspecified atom stereocenters. The average molecular weight is 296 g/mol. The normalized spacial score (nSPS) is 11.1. The van der Waals surface area contributed by atoms with Crippen LogP contribution in [0.25, 0.3) is 0 Å². The second-order valence-corrected chi connectivity index (χ2v) is 5.04. The standard InChI is InChI=1S/C15H28N4O2/c1-5-20-9-7-19(8-10-21-6-2)14-11-13(16)17-15(18-14)12(3)4/h11-12H,5-10H2,1-4H3,(H2,16,17,18). The first-order valence-corrected chi connectivity index (χ1v) is 7.63. The Morgan fingerprint density at radius 2 is 1.67 bits per heavy atom. The molecule has 1 rings (SSSR count). The highest BCUT2D eigenvalue weighted by Crippen LogP contribution is 2.18. The lowest BCUT2D eigenvalue weighted by Gasteiger charge is -2.24. The van der Waals surface area contributed by atoms with E-state index in [1.54, 1.807) is 0 Å². The van der Waals surface area contributed by atoms with Gasteiger partial charge in [0.15, 0.2) is 0 Å². The van der Waals surface area contributed by atoms with Crippen LogP contribution in [-0.4, -0.2) is 49.5 Å². The summed E-state index contributed by atoms with van der Waals surface area (Å²) < 4.78 is 10.9. The largest absolute Gasteiger partial charge is 0.384 e. The van der Waals surface area contributed by atoms with Gasteiger partial charge in [0.05, 0.1) is 13.2 Å². The molecule has 0 saturated carbocycles. The zero-order chi connectivity index (χ0) is 15.7. The van der Waals surface area contributed by atoms with E-state index in [1.807, 2.05) is 19.9 Å². The average Bonchev–Trinajstić information content (AvgIpc) is 2.45. The number of nitrogen functional groups attached to an aromatic ring is 1. The predicted molar refractivity (Wildman–Crippen MR) is 85.7 cm³/mol. The van der Waals surface area contributed by atoms with E-state index in [0.29, 0.717) is 32.2 Å². The first kappa shape index (κ1) is 17.7. The molecule has 2 N–H and O–H groups in total. The molecule has 0 radical (unpaired) electrons. The fourth-order valence-corrected chi connectivity index (χ4v) is 1.87. The van der Waals surface area contributed by atoms with Crippen molar-refractivity contribution >= 4 is 11.6 Å². The SMILES string of the molecule is CCOCCN(CCOCC)c1cc(N)nc(C(C)C)n1. The van der Waals surface area contributed by atoms with E-state index < -0.39 is 0 Å². The van der Waals surface area contributed by atoms with Crippen molar-refractivity contribution < 1.29 is 9.47 Å². The van der Waals surface area contributed by atoms with Crippen molar-refractivity contribution in [1.29, 1.82) is 0 Å². The quantitative estimate of drug-likeness (QED) is 0.666. The summed E-state index contributed by atoms with van der Waals surface area (Å²) in [7, 11) is 0. The summed E-state index contributed by atoms with van der Waals surface area (Å²) in [6, 6.07) is 1.81. The van der Waals surface area contributed by atoms with Gasteiger partial charge in [0.1, 0.15) is 17.5 Å². The lowest BCUT2D eigenvalue weighted by molar-refractivity contribution is 0.141. The summed E-state index contributed by atoms with van der Waals surface area (Å²) in [6.07, 6.45) is 0. The molecule has 6 heteroatoms. The molecule has 0 aliphatic carbocycles. The summed E-state index contributed by atoms with van der Waals surface area (Å²) in [5.74, 6) is 2.35. The molecule has 0 aliphatic heterocycles. The third-order valence-corrected chi connectivity index (χ3v) is 3.01. The number of ether oxygens (including phenoxy) is 2. The molecule has 0 bridgehead atoms. The van der Waals surface area contributed by atoms with Crippen molar-refractivity contribution in [3.05, 3.63) is 11.9 Å². The second-order valence-electron chi connectivity index (χ2n) is 5.04. The molecule has 0 saturated heterocycles. The number of nitrogens with two attached hydrogens (primary N) is 1. The monoisotopic (exact) mass is 296 g/mol. The van der Waals surface area contributed by atoms with Gasteiger partial charge in [-0.1, -0.05) is 13.8 Å². The van der Waals surface area contributed by atoms with Gasteiger partial charge in [0.25, 0.3) is 0 Å². The molecule has 120 valence electrons. The van der Waals surface area contributed by atoms with Crippen LogP contribution in [0, 0.1) is 0 Å². The zero-order valence-corrected chi connectivity index (χ0v) is 13.6. The number of hydrogen-bond donors (Lipinski definition) is 1. The summed E-state index contributed by atoms with van der Waals surface area (Å²) >= 11 is 0. The van der Waals surface area contributed by atoms with Gasteiger partial charge < -0.3 is 20.1 Å². The van der Waals surface area contributed by atoms with Crippen LogP contribution < -0.4 is 10.6 Å². The number of aromatic nitrogens is 2. The number of anilines is 2. The number of rotatable bonds is 10. The first-order chi connectivity index (χ1) is 10.1. The van der Waals surface area contributed by atoms with Crippen molar-refractivity contribution in [2.24, 2.45) is 0 Å². The van der Waals surface area contributed by atoms with E-state index in [0.717, 1.165) is 24.7 Å². The minimum atomic E-state index is 0.243. The van der Waals surface area contributed by atoms with Crippen LogP contribution in [0.1, 0.15) is 39.4 Å². The van der Waals surface area contributed by atoms with Crippen LogP contribution in [0.5, 0.6) is 0 Å². The molecule has 0 amide bonds. The maximum atomic E-state index is 5.90. The van der Waals surface area contributed by atoms with Crippen LogP contribution in [0.4, 0.5) is 11.6 Å². The van der Waals surface area contributed by atoms with Crippen molar-refractivity contribution in [3.8, 4) is 0 Å². The van der Waals surface area contributed by atoms with Gasteiger partial charge >= 0.3 is 0 Å². The zero-order valence-electron chi connectivity index (χ0n) is 13.6. The predicted octanol–water partition coefficient (Wildman–Crippen LogP) is 2.06. The van der Waals surface area contributed by atoms with Crippen LogP contribution in [0.3, 0.4) is 0 Å². The highest BCUT2D eigenvalue weighted by atomic mass is 16.5. The van der Waals surface area contributed by atoms with Gasteiger partial charge in [-0.15, -0.1) is 0 Å². The molecular weight excluding hydrogens is 268 g/mol. The van der Waals surface area contributed by atoms with E-state index >= 15 is 0 Å². The second kappa shape index (κ2) is 9.52. The molecule has 0 aromatic carbocycles. The molecule has 0 atom stereocenters. The Balaban J connectivity index is 2.84. The van der Waals surface area contributed by atoms with Gasteiger partial charge in [-0.2, -0.15) is 0 Å². The molecule has 21 heavy (non-hydrogen) atoms. The van der Waals surface area contributed by atoms with Gasteiger partial charge in [-0.05, 0) is 13.8 Å². The fraction of sp³-hybridized carbons (Fsp3) is 0.733. The van der Waals surface area contributed by atoms with E-state index in [2.05, 4.69) is 28.7 Å². The molecule has 1 aromatic rings. The van der Waals surface area contributed by atoms with Crippen LogP contribution in [-0.2, 0) is 9.47 Å². The van der Waals surface area contributed by atoms with Crippen molar-refractivity contribution in [3.63, 3.8) is 0 Å². The van der Waals surface area contributed by atoms with E-state index in [1.165, 1.54) is 0 Å². The van der Waals surface area contributed by atoms with Gasteiger partial charge in [0.2, 0.25) is 0 Å². The highest BCUT2D eigenvalue weighted by molar-refractivity contribution is 5.47. The Kier molecular flexibility index (Phi) is 8.00. The van der Waals surface area contributed by atoms with Crippen molar-refractivity contribution in [2.45, 2.75) is 33.6 Å². The number of hydrogen-bond acceptors (Lipinski definition) is 6. The Morgan fingerprint density at radius 3 is 2.14 bits per heavy atom. The topological polar surface area (TPSA) is 73.5 Å². The van der Waals surface area contributed by atoms with Gasteiger partial charge in [-0.3, -0.25) is 0 Å². The lowest BCUT2D eigenvalue weighted by atomic mass is 10.2. The molecular formula is C15H28N4O2. The van der Waals surface area contributed by atoms with E-state index in [4.69, 9.17) is 15.2 Å². The first-order valence-electron chi connectivity index (χ1n) is 7.63. The molecule has 0 aliphatic rings.